The van der Waals surface area contributed by atoms with Crippen LogP contribution in [0.25, 0.3) is 11.2 Å². The molecule has 1 aliphatic rings. The summed E-state index contributed by atoms with van der Waals surface area (Å²) in [5, 5.41) is 0. The number of nitrogens with zero attached hydrogens (tertiary/aromatic N) is 4. The fourth-order valence-corrected chi connectivity index (χ4v) is 4.57. The topological polar surface area (TPSA) is 88.1 Å². The number of hydrogen-bond donors (Lipinski definition) is 1. The average molecular weight is 460 g/mol. The van der Waals surface area contributed by atoms with Gasteiger partial charge in [-0.1, -0.05) is 67.2 Å². The molecular weight excluding hydrogens is 433 g/mol. The number of anilines is 1. The molecule has 7 nitrogen and oxygen atoms in total. The van der Waals surface area contributed by atoms with Crippen molar-refractivity contribution in [1.29, 1.82) is 0 Å². The highest BCUT2D eigenvalue weighted by Gasteiger charge is 2.46. The zero-order valence-corrected chi connectivity index (χ0v) is 18.7. The minimum atomic E-state index is -0.878. The fourth-order valence-electron chi connectivity index (χ4n) is 4.57. The van der Waals surface area contributed by atoms with Crippen LogP contribution < -0.4 is 5.73 Å². The predicted molar refractivity (Wildman–Crippen MR) is 127 cm³/mol. The van der Waals surface area contributed by atoms with Crippen LogP contribution in [-0.2, 0) is 22.7 Å². The molecule has 0 bridgehead atoms. The first-order chi connectivity index (χ1) is 16.6. The summed E-state index contributed by atoms with van der Waals surface area (Å²) >= 11 is 0. The molecule has 2 heterocycles. The number of rotatable bonds is 9. The van der Waals surface area contributed by atoms with Gasteiger partial charge in [0.1, 0.15) is 5.52 Å². The Balaban J connectivity index is 1.33. The van der Waals surface area contributed by atoms with Gasteiger partial charge in [-0.3, -0.25) is 0 Å². The minimum Gasteiger partial charge on any atom is -0.382 e. The zero-order valence-electron chi connectivity index (χ0n) is 18.7. The van der Waals surface area contributed by atoms with Gasteiger partial charge in [-0.2, -0.15) is 14.4 Å². The van der Waals surface area contributed by atoms with Gasteiger partial charge < -0.3 is 19.8 Å². The molecule has 174 valence electrons. The number of nitrogen functional groups attached to an aromatic ring is 1. The summed E-state index contributed by atoms with van der Waals surface area (Å²) in [5.74, 6) is 0.167. The summed E-state index contributed by atoms with van der Waals surface area (Å²) in [6, 6.07) is 19.9. The van der Waals surface area contributed by atoms with Gasteiger partial charge in [-0.05, 0) is 16.7 Å². The van der Waals surface area contributed by atoms with Crippen molar-refractivity contribution in [2.75, 3.05) is 18.9 Å². The Bertz CT molecular complexity index is 1280. The van der Waals surface area contributed by atoms with Crippen LogP contribution >= 0.6 is 0 Å². The van der Waals surface area contributed by atoms with Crippen LogP contribution in [0.4, 0.5) is 10.2 Å². The molecule has 0 amide bonds. The summed E-state index contributed by atoms with van der Waals surface area (Å²) in [4.78, 5) is 11.9. The summed E-state index contributed by atoms with van der Waals surface area (Å²) < 4.78 is 27.9. The molecule has 1 fully saturated rings. The first kappa shape index (κ1) is 22.2. The number of ether oxygens (including phenoxy) is 2. The van der Waals surface area contributed by atoms with E-state index in [0.29, 0.717) is 37.6 Å². The normalized spacial score (nSPS) is 19.9. The number of halogens is 1. The molecule has 0 unspecified atom stereocenters. The van der Waals surface area contributed by atoms with Crippen molar-refractivity contribution in [1.82, 2.24) is 19.5 Å². The zero-order chi connectivity index (χ0) is 23.5. The van der Waals surface area contributed by atoms with E-state index in [2.05, 4.69) is 21.5 Å². The third kappa shape index (κ3) is 4.42. The Morgan fingerprint density at radius 2 is 1.53 bits per heavy atom. The molecule has 8 heteroatoms. The quantitative estimate of drug-likeness (QED) is 0.296. The van der Waals surface area contributed by atoms with Crippen molar-refractivity contribution < 1.29 is 13.9 Å². The van der Waals surface area contributed by atoms with Crippen LogP contribution in [0.3, 0.4) is 0 Å². The van der Waals surface area contributed by atoms with Gasteiger partial charge in [0.05, 0.1) is 38.8 Å². The molecule has 3 atom stereocenters. The van der Waals surface area contributed by atoms with E-state index in [-0.39, 0.29) is 23.7 Å². The summed E-state index contributed by atoms with van der Waals surface area (Å²) in [6.07, 6.45) is 0.743. The highest BCUT2D eigenvalue weighted by Crippen LogP contribution is 2.49. The maximum absolute atomic E-state index is 13.9. The first-order valence-electron chi connectivity index (χ1n) is 11.2. The van der Waals surface area contributed by atoms with E-state index in [1.54, 1.807) is 6.33 Å². The monoisotopic (exact) mass is 459 g/mol. The lowest BCUT2D eigenvalue weighted by Gasteiger charge is -2.47. The van der Waals surface area contributed by atoms with E-state index in [0.717, 1.165) is 16.7 Å². The number of hydrogen-bond acceptors (Lipinski definition) is 6. The Morgan fingerprint density at radius 3 is 2.18 bits per heavy atom. The second-order valence-electron chi connectivity index (χ2n) is 8.49. The molecule has 0 spiro atoms. The number of nitrogens with two attached hydrogens (primary N) is 1. The molecule has 0 radical (unpaired) electrons. The van der Waals surface area contributed by atoms with Gasteiger partial charge in [-0.15, -0.1) is 0 Å². The van der Waals surface area contributed by atoms with Crippen molar-refractivity contribution >= 4 is 17.0 Å². The minimum absolute atomic E-state index is 0.0193. The van der Waals surface area contributed by atoms with Gasteiger partial charge >= 0.3 is 6.08 Å². The number of fused-ring (bicyclic) bond motifs is 1. The van der Waals surface area contributed by atoms with Crippen LogP contribution in [-0.4, -0.2) is 32.7 Å². The van der Waals surface area contributed by atoms with Gasteiger partial charge in [0, 0.05) is 11.8 Å². The number of imidazole rings is 1. The van der Waals surface area contributed by atoms with Gasteiger partial charge in [0.15, 0.2) is 11.5 Å². The van der Waals surface area contributed by atoms with E-state index in [9.17, 15) is 4.39 Å². The standard InChI is InChI=1S/C26H26FN5O2/c1-17-20(14-33-12-18-8-4-2-5-9-18)21(15-34-13-19-10-6-3-7-11-19)23(17)32-16-29-22-24(28)30-26(27)31-25(22)32/h2-11,16,20-21,23H,1,12-15H2,(H2,28,30,31)/t20-,21+,23+/m0/s1. The molecule has 34 heavy (non-hydrogen) atoms. The smallest absolute Gasteiger partial charge is 0.312 e. The average Bonchev–Trinajstić information content (AvgIpc) is 3.26. The van der Waals surface area contributed by atoms with Crippen LogP contribution in [0.2, 0.25) is 0 Å². The van der Waals surface area contributed by atoms with E-state index in [1.165, 1.54) is 0 Å². The van der Waals surface area contributed by atoms with Crippen molar-refractivity contribution in [2.24, 2.45) is 11.8 Å². The summed E-state index contributed by atoms with van der Waals surface area (Å²) in [5.41, 5.74) is 9.78. The Labute approximate surface area is 197 Å². The Kier molecular flexibility index (Phi) is 6.33. The SMILES string of the molecule is C=C1[C@@H](n2cnc3c(N)nc(F)nc32)[C@H](COCc2ccccc2)[C@H]1COCc1ccccc1. The molecule has 0 aliphatic heterocycles. The summed E-state index contributed by atoms with van der Waals surface area (Å²) in [7, 11) is 0. The van der Waals surface area contributed by atoms with Crippen LogP contribution in [0.5, 0.6) is 0 Å². The van der Waals surface area contributed by atoms with E-state index in [4.69, 9.17) is 15.2 Å². The molecule has 2 N–H and O–H groups in total. The van der Waals surface area contributed by atoms with Gasteiger partial charge in [0.25, 0.3) is 0 Å². The molecule has 4 aromatic rings. The van der Waals surface area contributed by atoms with E-state index in [1.807, 2.05) is 65.2 Å². The number of aromatic nitrogens is 4. The molecule has 5 rings (SSSR count). The predicted octanol–water partition coefficient (Wildman–Crippen LogP) is 4.32. The van der Waals surface area contributed by atoms with Crippen molar-refractivity contribution in [3.05, 3.63) is 96.3 Å². The third-order valence-electron chi connectivity index (χ3n) is 6.33. The lowest BCUT2D eigenvalue weighted by Crippen LogP contribution is -2.45. The lowest BCUT2D eigenvalue weighted by molar-refractivity contribution is -0.0164. The van der Waals surface area contributed by atoms with Gasteiger partial charge in [-0.25, -0.2) is 4.98 Å². The maximum atomic E-state index is 13.9. The van der Waals surface area contributed by atoms with Crippen LogP contribution in [0.15, 0.2) is 79.1 Å². The van der Waals surface area contributed by atoms with E-state index >= 15 is 0 Å². The van der Waals surface area contributed by atoms with Gasteiger partial charge in [0.2, 0.25) is 0 Å². The molecular formula is C26H26FN5O2. The third-order valence-corrected chi connectivity index (χ3v) is 6.33. The highest BCUT2D eigenvalue weighted by atomic mass is 19.1. The Morgan fingerprint density at radius 1 is 0.912 bits per heavy atom. The number of benzene rings is 2. The lowest BCUT2D eigenvalue weighted by atomic mass is 9.66. The molecule has 1 saturated carbocycles. The van der Waals surface area contributed by atoms with Crippen molar-refractivity contribution in [3.63, 3.8) is 0 Å². The first-order valence-corrected chi connectivity index (χ1v) is 11.2. The van der Waals surface area contributed by atoms with Crippen LogP contribution in [0, 0.1) is 17.9 Å². The Hall–Kier alpha value is -3.62. The van der Waals surface area contributed by atoms with Crippen molar-refractivity contribution in [3.8, 4) is 0 Å². The second kappa shape index (κ2) is 9.70. The molecule has 1 aliphatic carbocycles. The van der Waals surface area contributed by atoms with Crippen LogP contribution in [0.1, 0.15) is 17.2 Å². The molecule has 2 aromatic heterocycles. The highest BCUT2D eigenvalue weighted by molar-refractivity contribution is 5.81. The maximum Gasteiger partial charge on any atom is 0.312 e. The summed E-state index contributed by atoms with van der Waals surface area (Å²) in [6.45, 7) is 6.35. The molecule has 0 saturated heterocycles. The second-order valence-corrected chi connectivity index (χ2v) is 8.49. The fraction of sp³-hybridized carbons (Fsp3) is 0.269. The molecule has 2 aromatic carbocycles. The largest absolute Gasteiger partial charge is 0.382 e. The van der Waals surface area contributed by atoms with Crippen molar-refractivity contribution in [2.45, 2.75) is 19.3 Å². The van der Waals surface area contributed by atoms with E-state index < -0.39 is 6.08 Å².